The third-order valence-electron chi connectivity index (χ3n) is 2.33. The number of aryl methyl sites for hydroxylation is 1. The van der Waals surface area contributed by atoms with Crippen LogP contribution in [0.25, 0.3) is 10.6 Å². The second-order valence-corrected chi connectivity index (χ2v) is 4.79. The molecular weight excluding hydrogens is 256 g/mol. The minimum atomic E-state index is 0.265. The van der Waals surface area contributed by atoms with E-state index in [1.165, 1.54) is 11.3 Å². The lowest BCUT2D eigenvalue weighted by Crippen LogP contribution is -1.87. The Morgan fingerprint density at radius 2 is 2.24 bits per heavy atom. The fraction of sp³-hybridized carbons (Fsp3) is 0.167. The summed E-state index contributed by atoms with van der Waals surface area (Å²) in [5.41, 5.74) is 1.96. The Morgan fingerprint density at radius 1 is 1.47 bits per heavy atom. The van der Waals surface area contributed by atoms with Crippen LogP contribution in [0, 0.1) is 18.3 Å². The molecule has 0 unspecified atom stereocenters. The maximum absolute atomic E-state index is 8.83. The number of halogens is 1. The SMILES string of the molecule is COc1ccc(-c2nc(Cl)c(C#N)s2)cc1C. The van der Waals surface area contributed by atoms with Crippen LogP contribution in [0.3, 0.4) is 0 Å². The average molecular weight is 265 g/mol. The first-order chi connectivity index (χ1) is 8.15. The second kappa shape index (κ2) is 4.74. The number of benzene rings is 1. The van der Waals surface area contributed by atoms with Crippen molar-refractivity contribution in [1.29, 1.82) is 5.26 Å². The number of hydrogen-bond acceptors (Lipinski definition) is 4. The molecule has 17 heavy (non-hydrogen) atoms. The van der Waals surface area contributed by atoms with Crippen LogP contribution in [0.2, 0.25) is 5.15 Å². The molecule has 1 aromatic heterocycles. The third-order valence-corrected chi connectivity index (χ3v) is 3.72. The van der Waals surface area contributed by atoms with Crippen LogP contribution in [-0.4, -0.2) is 12.1 Å². The second-order valence-electron chi connectivity index (χ2n) is 3.44. The molecule has 5 heteroatoms. The van der Waals surface area contributed by atoms with Gasteiger partial charge in [-0.1, -0.05) is 11.6 Å². The molecule has 2 rings (SSSR count). The molecule has 1 heterocycles. The minimum Gasteiger partial charge on any atom is -0.496 e. The molecular formula is C12H9ClN2OS. The van der Waals surface area contributed by atoms with Crippen LogP contribution >= 0.6 is 22.9 Å². The monoisotopic (exact) mass is 264 g/mol. The summed E-state index contributed by atoms with van der Waals surface area (Å²) in [6, 6.07) is 7.78. The highest BCUT2D eigenvalue weighted by atomic mass is 35.5. The summed E-state index contributed by atoms with van der Waals surface area (Å²) in [6.07, 6.45) is 0. The van der Waals surface area contributed by atoms with E-state index in [2.05, 4.69) is 4.98 Å². The van der Waals surface area contributed by atoms with Crippen molar-refractivity contribution in [2.75, 3.05) is 7.11 Å². The Morgan fingerprint density at radius 3 is 2.76 bits per heavy atom. The van der Waals surface area contributed by atoms with Gasteiger partial charge in [0.1, 0.15) is 21.7 Å². The average Bonchev–Trinajstić information content (AvgIpc) is 2.70. The number of thiazole rings is 1. The fourth-order valence-electron chi connectivity index (χ4n) is 1.51. The van der Waals surface area contributed by atoms with E-state index in [1.54, 1.807) is 7.11 Å². The van der Waals surface area contributed by atoms with E-state index >= 15 is 0 Å². The summed E-state index contributed by atoms with van der Waals surface area (Å²) in [4.78, 5) is 4.61. The molecule has 86 valence electrons. The zero-order chi connectivity index (χ0) is 12.4. The lowest BCUT2D eigenvalue weighted by Gasteiger charge is -2.05. The Balaban J connectivity index is 2.47. The van der Waals surface area contributed by atoms with Crippen LogP contribution in [0.5, 0.6) is 5.75 Å². The van der Waals surface area contributed by atoms with Gasteiger partial charge in [0.15, 0.2) is 5.15 Å². The van der Waals surface area contributed by atoms with Crippen LogP contribution in [-0.2, 0) is 0 Å². The molecule has 0 bridgehead atoms. The molecule has 0 aliphatic carbocycles. The summed E-state index contributed by atoms with van der Waals surface area (Å²) in [5, 5.41) is 9.84. The number of aromatic nitrogens is 1. The third kappa shape index (κ3) is 2.26. The Labute approximate surface area is 108 Å². The molecule has 0 aliphatic heterocycles. The number of methoxy groups -OCH3 is 1. The van der Waals surface area contributed by atoms with Crippen LogP contribution in [0.15, 0.2) is 18.2 Å². The van der Waals surface area contributed by atoms with Crippen molar-refractivity contribution in [2.45, 2.75) is 6.92 Å². The highest BCUT2D eigenvalue weighted by molar-refractivity contribution is 7.16. The Kier molecular flexibility index (Phi) is 3.32. The van der Waals surface area contributed by atoms with Gasteiger partial charge in [0.25, 0.3) is 0 Å². The zero-order valence-electron chi connectivity index (χ0n) is 9.32. The van der Waals surface area contributed by atoms with Crippen molar-refractivity contribution in [3.05, 3.63) is 33.8 Å². The van der Waals surface area contributed by atoms with E-state index < -0.39 is 0 Å². The first-order valence-electron chi connectivity index (χ1n) is 4.87. The summed E-state index contributed by atoms with van der Waals surface area (Å²) in [7, 11) is 1.63. The van der Waals surface area contributed by atoms with Gasteiger partial charge < -0.3 is 4.74 Å². The van der Waals surface area contributed by atoms with Gasteiger partial charge in [0.2, 0.25) is 0 Å². The van der Waals surface area contributed by atoms with Gasteiger partial charge in [-0.15, -0.1) is 11.3 Å². The summed E-state index contributed by atoms with van der Waals surface area (Å²) < 4.78 is 5.19. The fourth-order valence-corrected chi connectivity index (χ4v) is 2.55. The van der Waals surface area contributed by atoms with Crippen LogP contribution in [0.1, 0.15) is 10.4 Å². The predicted octanol–water partition coefficient (Wildman–Crippen LogP) is 3.65. The summed E-state index contributed by atoms with van der Waals surface area (Å²) >= 11 is 7.14. The van der Waals surface area contributed by atoms with Crippen molar-refractivity contribution in [3.63, 3.8) is 0 Å². The van der Waals surface area contributed by atoms with Crippen LogP contribution in [0.4, 0.5) is 0 Å². The summed E-state index contributed by atoms with van der Waals surface area (Å²) in [5.74, 6) is 0.830. The van der Waals surface area contributed by atoms with Gasteiger partial charge in [0.05, 0.1) is 7.11 Å². The van der Waals surface area contributed by atoms with E-state index in [0.29, 0.717) is 4.88 Å². The molecule has 1 aromatic carbocycles. The lowest BCUT2D eigenvalue weighted by atomic mass is 10.1. The molecule has 3 nitrogen and oxygen atoms in total. The number of nitriles is 1. The normalized spacial score (nSPS) is 10.0. The van der Waals surface area contributed by atoms with Gasteiger partial charge in [-0.25, -0.2) is 4.98 Å². The topological polar surface area (TPSA) is 45.9 Å². The maximum atomic E-state index is 8.83. The Bertz CT molecular complexity index is 601. The number of nitrogens with zero attached hydrogens (tertiary/aromatic N) is 2. The van der Waals surface area contributed by atoms with Crippen molar-refractivity contribution >= 4 is 22.9 Å². The zero-order valence-corrected chi connectivity index (χ0v) is 10.9. The van der Waals surface area contributed by atoms with Gasteiger partial charge in [0, 0.05) is 5.56 Å². The molecule has 0 saturated carbocycles. The van der Waals surface area contributed by atoms with E-state index in [1.807, 2.05) is 31.2 Å². The van der Waals surface area contributed by atoms with Crippen molar-refractivity contribution in [1.82, 2.24) is 4.98 Å². The first kappa shape index (κ1) is 11.9. The maximum Gasteiger partial charge on any atom is 0.158 e. The molecule has 0 spiro atoms. The van der Waals surface area contributed by atoms with Gasteiger partial charge in [-0.2, -0.15) is 5.26 Å². The predicted molar refractivity (Wildman–Crippen MR) is 68.6 cm³/mol. The molecule has 0 saturated heterocycles. The standard InChI is InChI=1S/C12H9ClN2OS/c1-7-5-8(3-4-9(7)16-2)12-15-11(13)10(6-14)17-12/h3-5H,1-2H3. The quantitative estimate of drug-likeness (QED) is 0.832. The van der Waals surface area contributed by atoms with Crippen molar-refractivity contribution in [2.24, 2.45) is 0 Å². The highest BCUT2D eigenvalue weighted by Crippen LogP contribution is 2.32. The lowest BCUT2D eigenvalue weighted by molar-refractivity contribution is 0.412. The number of ether oxygens (including phenoxy) is 1. The summed E-state index contributed by atoms with van der Waals surface area (Å²) in [6.45, 7) is 1.96. The number of rotatable bonds is 2. The van der Waals surface area contributed by atoms with Gasteiger partial charge in [-0.3, -0.25) is 0 Å². The molecule has 0 fully saturated rings. The van der Waals surface area contributed by atoms with Crippen molar-refractivity contribution < 1.29 is 4.74 Å². The number of hydrogen-bond donors (Lipinski definition) is 0. The molecule has 0 aliphatic rings. The first-order valence-corrected chi connectivity index (χ1v) is 6.06. The van der Waals surface area contributed by atoms with E-state index in [0.717, 1.165) is 21.9 Å². The molecule has 0 radical (unpaired) electrons. The minimum absolute atomic E-state index is 0.265. The smallest absolute Gasteiger partial charge is 0.158 e. The van der Waals surface area contributed by atoms with Crippen molar-refractivity contribution in [3.8, 4) is 22.4 Å². The van der Waals surface area contributed by atoms with E-state index in [9.17, 15) is 0 Å². The van der Waals surface area contributed by atoms with E-state index in [-0.39, 0.29) is 5.15 Å². The Hall–Kier alpha value is -1.57. The van der Waals surface area contributed by atoms with Gasteiger partial charge in [-0.05, 0) is 30.7 Å². The van der Waals surface area contributed by atoms with Gasteiger partial charge >= 0.3 is 0 Å². The van der Waals surface area contributed by atoms with Crippen LogP contribution < -0.4 is 4.74 Å². The highest BCUT2D eigenvalue weighted by Gasteiger charge is 2.11. The largest absolute Gasteiger partial charge is 0.496 e. The van der Waals surface area contributed by atoms with E-state index in [4.69, 9.17) is 21.6 Å². The molecule has 0 amide bonds. The molecule has 0 N–H and O–H groups in total. The molecule has 0 atom stereocenters. The molecule has 2 aromatic rings.